The van der Waals surface area contributed by atoms with Gasteiger partial charge in [-0.1, -0.05) is 17.7 Å². The number of halogens is 1. The average molecular weight is 169 g/mol. The van der Waals surface area contributed by atoms with E-state index in [-0.39, 0.29) is 6.04 Å². The van der Waals surface area contributed by atoms with Crippen molar-refractivity contribution in [1.29, 1.82) is 0 Å². The summed E-state index contributed by atoms with van der Waals surface area (Å²) in [5.41, 5.74) is 8.05. The highest BCUT2D eigenvalue weighted by Gasteiger charge is 2.19. The van der Waals surface area contributed by atoms with Crippen molar-refractivity contribution in [3.05, 3.63) is 28.5 Å². The van der Waals surface area contributed by atoms with Crippen molar-refractivity contribution in [3.63, 3.8) is 0 Å². The van der Waals surface area contributed by atoms with Crippen LogP contribution < -0.4 is 5.73 Å². The zero-order chi connectivity index (χ0) is 7.84. The molecule has 2 rings (SSSR count). The largest absolute Gasteiger partial charge is 0.324 e. The van der Waals surface area contributed by atoms with Gasteiger partial charge in [0.25, 0.3) is 0 Å². The summed E-state index contributed by atoms with van der Waals surface area (Å²) in [5, 5.41) is 0.567. The molecule has 0 fully saturated rings. The second kappa shape index (κ2) is 2.47. The fraction of sp³-hybridized carbons (Fsp3) is 0.375. The molecule has 3 heteroatoms. The lowest BCUT2D eigenvalue weighted by Crippen LogP contribution is -2.05. The number of pyridine rings is 1. The second-order valence-corrected chi connectivity index (χ2v) is 3.20. The Hall–Kier alpha value is -0.600. The quantitative estimate of drug-likeness (QED) is 0.599. The van der Waals surface area contributed by atoms with Crippen LogP contribution in [0, 0.1) is 0 Å². The molecule has 11 heavy (non-hydrogen) atoms. The second-order valence-electron chi connectivity index (χ2n) is 2.82. The topological polar surface area (TPSA) is 38.9 Å². The van der Waals surface area contributed by atoms with Gasteiger partial charge in [0.1, 0.15) is 5.15 Å². The highest BCUT2D eigenvalue weighted by atomic mass is 35.5. The van der Waals surface area contributed by atoms with Gasteiger partial charge in [-0.3, -0.25) is 0 Å². The smallest absolute Gasteiger partial charge is 0.129 e. The molecule has 0 saturated carbocycles. The zero-order valence-corrected chi connectivity index (χ0v) is 6.80. The maximum atomic E-state index is 5.81. The number of nitrogens with two attached hydrogens (primary N) is 1. The predicted molar refractivity (Wildman–Crippen MR) is 44.5 cm³/mol. The SMILES string of the molecule is N[C@H]1CCc2nc(Cl)ccc21. The zero-order valence-electron chi connectivity index (χ0n) is 6.05. The maximum absolute atomic E-state index is 5.81. The molecule has 1 aliphatic carbocycles. The summed E-state index contributed by atoms with van der Waals surface area (Å²) >= 11 is 5.72. The number of nitrogens with zero attached hydrogens (tertiary/aromatic N) is 1. The van der Waals surface area contributed by atoms with E-state index in [9.17, 15) is 0 Å². The first-order valence-corrected chi connectivity index (χ1v) is 4.06. The van der Waals surface area contributed by atoms with E-state index in [0.29, 0.717) is 5.15 Å². The lowest BCUT2D eigenvalue weighted by molar-refractivity contribution is 0.712. The highest BCUT2D eigenvalue weighted by molar-refractivity contribution is 6.29. The Kier molecular flexibility index (Phi) is 1.59. The van der Waals surface area contributed by atoms with E-state index in [1.807, 2.05) is 6.07 Å². The molecule has 2 nitrogen and oxygen atoms in total. The van der Waals surface area contributed by atoms with Gasteiger partial charge in [0.15, 0.2) is 0 Å². The first-order chi connectivity index (χ1) is 5.27. The number of hydrogen-bond acceptors (Lipinski definition) is 2. The molecular weight excluding hydrogens is 160 g/mol. The normalized spacial score (nSPS) is 21.8. The summed E-state index contributed by atoms with van der Waals surface area (Å²) in [4.78, 5) is 4.19. The Balaban J connectivity index is 2.50. The molecule has 0 bridgehead atoms. The highest BCUT2D eigenvalue weighted by Crippen LogP contribution is 2.28. The molecule has 1 aromatic heterocycles. The molecule has 0 aliphatic heterocycles. The van der Waals surface area contributed by atoms with Crippen LogP contribution in [0.4, 0.5) is 0 Å². The van der Waals surface area contributed by atoms with Gasteiger partial charge in [0.05, 0.1) is 0 Å². The van der Waals surface area contributed by atoms with Crippen LogP contribution in [0.25, 0.3) is 0 Å². The van der Waals surface area contributed by atoms with Crippen LogP contribution in [0.2, 0.25) is 5.15 Å². The molecule has 0 amide bonds. The van der Waals surface area contributed by atoms with Crippen LogP contribution in [0.5, 0.6) is 0 Å². The van der Waals surface area contributed by atoms with Crippen LogP contribution in [0.15, 0.2) is 12.1 Å². The number of aryl methyl sites for hydroxylation is 1. The van der Waals surface area contributed by atoms with Crippen LogP contribution in [-0.4, -0.2) is 4.98 Å². The molecule has 1 heterocycles. The Morgan fingerprint density at radius 3 is 3.18 bits per heavy atom. The summed E-state index contributed by atoms with van der Waals surface area (Å²) in [7, 11) is 0. The number of fused-ring (bicyclic) bond motifs is 1. The first kappa shape index (κ1) is 7.07. The van der Waals surface area contributed by atoms with Gasteiger partial charge in [0, 0.05) is 11.7 Å². The van der Waals surface area contributed by atoms with Gasteiger partial charge in [-0.15, -0.1) is 0 Å². The van der Waals surface area contributed by atoms with Gasteiger partial charge < -0.3 is 5.73 Å². The molecule has 0 radical (unpaired) electrons. The number of hydrogen-bond donors (Lipinski definition) is 1. The molecule has 2 N–H and O–H groups in total. The summed E-state index contributed by atoms with van der Waals surface area (Å²) in [6.07, 6.45) is 1.97. The first-order valence-electron chi connectivity index (χ1n) is 3.68. The van der Waals surface area contributed by atoms with Crippen LogP contribution in [0.3, 0.4) is 0 Å². The minimum absolute atomic E-state index is 0.176. The van der Waals surface area contributed by atoms with Crippen molar-refractivity contribution in [3.8, 4) is 0 Å². The summed E-state index contributed by atoms with van der Waals surface area (Å²) in [6, 6.07) is 3.95. The molecule has 1 aliphatic rings. The van der Waals surface area contributed by atoms with Crippen molar-refractivity contribution < 1.29 is 0 Å². The van der Waals surface area contributed by atoms with Gasteiger partial charge >= 0.3 is 0 Å². The van der Waals surface area contributed by atoms with E-state index in [1.54, 1.807) is 6.07 Å². The fourth-order valence-corrected chi connectivity index (χ4v) is 1.64. The molecule has 0 saturated heterocycles. The van der Waals surface area contributed by atoms with E-state index in [1.165, 1.54) is 0 Å². The van der Waals surface area contributed by atoms with E-state index in [4.69, 9.17) is 17.3 Å². The Morgan fingerprint density at radius 2 is 2.36 bits per heavy atom. The van der Waals surface area contributed by atoms with E-state index in [2.05, 4.69) is 4.98 Å². The van der Waals surface area contributed by atoms with Gasteiger partial charge in [-0.2, -0.15) is 0 Å². The minimum atomic E-state index is 0.176. The molecule has 0 spiro atoms. The van der Waals surface area contributed by atoms with Gasteiger partial charge in [-0.05, 0) is 24.5 Å². The van der Waals surface area contributed by atoms with Crippen molar-refractivity contribution in [2.24, 2.45) is 5.73 Å². The van der Waals surface area contributed by atoms with Crippen molar-refractivity contribution in [1.82, 2.24) is 4.98 Å². The van der Waals surface area contributed by atoms with E-state index < -0.39 is 0 Å². The monoisotopic (exact) mass is 168 g/mol. The Bertz CT molecular complexity index is 285. The third kappa shape index (κ3) is 1.12. The van der Waals surface area contributed by atoms with Crippen molar-refractivity contribution >= 4 is 11.6 Å². The summed E-state index contributed by atoms with van der Waals surface area (Å²) in [5.74, 6) is 0. The lowest BCUT2D eigenvalue weighted by Gasteiger charge is -2.02. The molecule has 1 aromatic rings. The summed E-state index contributed by atoms with van der Waals surface area (Å²) < 4.78 is 0. The third-order valence-corrected chi connectivity index (χ3v) is 2.28. The van der Waals surface area contributed by atoms with E-state index in [0.717, 1.165) is 24.1 Å². The predicted octanol–water partition coefficient (Wildman–Crippen LogP) is 1.68. The summed E-state index contributed by atoms with van der Waals surface area (Å²) in [6.45, 7) is 0. The van der Waals surface area contributed by atoms with Gasteiger partial charge in [0.2, 0.25) is 0 Å². The fourth-order valence-electron chi connectivity index (χ4n) is 1.47. The Morgan fingerprint density at radius 1 is 1.55 bits per heavy atom. The molecule has 0 aromatic carbocycles. The van der Waals surface area contributed by atoms with Crippen LogP contribution in [-0.2, 0) is 6.42 Å². The number of aromatic nitrogens is 1. The molecule has 1 atom stereocenters. The lowest BCUT2D eigenvalue weighted by atomic mass is 10.2. The number of rotatable bonds is 0. The van der Waals surface area contributed by atoms with Crippen LogP contribution >= 0.6 is 11.6 Å². The van der Waals surface area contributed by atoms with Gasteiger partial charge in [-0.25, -0.2) is 4.98 Å². The molecular formula is C8H9ClN2. The average Bonchev–Trinajstić information content (AvgIpc) is 2.32. The third-order valence-electron chi connectivity index (χ3n) is 2.07. The molecule has 58 valence electrons. The van der Waals surface area contributed by atoms with Crippen LogP contribution in [0.1, 0.15) is 23.7 Å². The standard InChI is InChI=1S/C8H9ClN2/c9-8-4-1-5-6(10)2-3-7(5)11-8/h1,4,6H,2-3,10H2/t6-/m0/s1. The van der Waals surface area contributed by atoms with E-state index >= 15 is 0 Å². The maximum Gasteiger partial charge on any atom is 0.129 e. The molecule has 0 unspecified atom stereocenters. The van der Waals surface area contributed by atoms with Crippen molar-refractivity contribution in [2.75, 3.05) is 0 Å². The minimum Gasteiger partial charge on any atom is -0.324 e. The Labute approximate surface area is 70.4 Å². The van der Waals surface area contributed by atoms with Crippen molar-refractivity contribution in [2.45, 2.75) is 18.9 Å².